The van der Waals surface area contributed by atoms with E-state index in [0.717, 1.165) is 12.8 Å². The summed E-state index contributed by atoms with van der Waals surface area (Å²) in [5.41, 5.74) is 10.6. The van der Waals surface area contributed by atoms with E-state index in [0.29, 0.717) is 13.0 Å². The summed E-state index contributed by atoms with van der Waals surface area (Å²) in [4.78, 5) is 0. The molecule has 4 N–H and O–H groups in total. The zero-order chi connectivity index (χ0) is 10.2. The summed E-state index contributed by atoms with van der Waals surface area (Å²) in [7, 11) is 0. The zero-order valence-corrected chi connectivity index (χ0v) is 7.79. The Morgan fingerprint density at radius 3 is 2.00 bits per heavy atom. The molecule has 0 aromatic rings. The molecule has 0 bridgehead atoms. The highest BCUT2D eigenvalue weighted by Gasteiger charge is 2.23. The number of nitriles is 2. The number of unbranched alkanes of at least 4 members (excludes halogenated alkanes) is 1. The fraction of sp³-hybridized carbons (Fsp3) is 0.778. The van der Waals surface area contributed by atoms with Gasteiger partial charge in [-0.05, 0) is 19.4 Å². The van der Waals surface area contributed by atoms with Crippen LogP contribution >= 0.6 is 0 Å². The van der Waals surface area contributed by atoms with Gasteiger partial charge in [-0.15, -0.1) is 0 Å². The van der Waals surface area contributed by atoms with Crippen molar-refractivity contribution in [2.24, 2.45) is 11.5 Å². The number of nitrogens with zero attached hydrogens (tertiary/aromatic N) is 2. The molecule has 0 unspecified atom stereocenters. The van der Waals surface area contributed by atoms with Gasteiger partial charge in [-0.1, -0.05) is 6.42 Å². The molecule has 0 rings (SSSR count). The lowest BCUT2D eigenvalue weighted by Gasteiger charge is -2.23. The monoisotopic (exact) mass is 180 g/mol. The van der Waals surface area contributed by atoms with Crippen molar-refractivity contribution in [1.29, 1.82) is 10.5 Å². The molecular weight excluding hydrogens is 164 g/mol. The van der Waals surface area contributed by atoms with Crippen LogP contribution in [-0.4, -0.2) is 12.1 Å². The third-order valence-electron chi connectivity index (χ3n) is 1.99. The van der Waals surface area contributed by atoms with E-state index in [1.807, 2.05) is 12.1 Å². The summed E-state index contributed by atoms with van der Waals surface area (Å²) in [5, 5.41) is 17.0. The predicted octanol–water partition coefficient (Wildman–Crippen LogP) is 0.640. The fourth-order valence-corrected chi connectivity index (χ4v) is 1.18. The van der Waals surface area contributed by atoms with E-state index in [2.05, 4.69) is 0 Å². The maximum Gasteiger partial charge on any atom is 0.0641 e. The molecule has 0 spiro atoms. The maximum absolute atomic E-state index is 8.52. The second-order valence-electron chi connectivity index (χ2n) is 3.28. The van der Waals surface area contributed by atoms with E-state index in [9.17, 15) is 0 Å². The first-order valence-corrected chi connectivity index (χ1v) is 4.41. The van der Waals surface area contributed by atoms with Crippen molar-refractivity contribution in [1.82, 2.24) is 0 Å². The van der Waals surface area contributed by atoms with Crippen molar-refractivity contribution >= 4 is 0 Å². The van der Waals surface area contributed by atoms with Gasteiger partial charge in [0.15, 0.2) is 0 Å². The highest BCUT2D eigenvalue weighted by molar-refractivity contribution is 4.98. The van der Waals surface area contributed by atoms with Gasteiger partial charge < -0.3 is 11.5 Å². The molecule has 4 heteroatoms. The molecular formula is C9H16N4. The first-order chi connectivity index (χ1) is 6.18. The molecule has 0 atom stereocenters. The van der Waals surface area contributed by atoms with Gasteiger partial charge in [-0.2, -0.15) is 10.5 Å². The topological polar surface area (TPSA) is 99.6 Å². The SMILES string of the molecule is N#CCC(N)(CC#N)CCCCN. The van der Waals surface area contributed by atoms with Gasteiger partial charge >= 0.3 is 0 Å². The summed E-state index contributed by atoms with van der Waals surface area (Å²) in [6.45, 7) is 0.634. The van der Waals surface area contributed by atoms with E-state index >= 15 is 0 Å². The van der Waals surface area contributed by atoms with Crippen LogP contribution in [0.2, 0.25) is 0 Å². The first kappa shape index (κ1) is 11.9. The van der Waals surface area contributed by atoms with E-state index < -0.39 is 5.54 Å². The quantitative estimate of drug-likeness (QED) is 0.586. The van der Waals surface area contributed by atoms with Gasteiger partial charge in [0.2, 0.25) is 0 Å². The Bertz CT molecular complexity index is 195. The van der Waals surface area contributed by atoms with E-state index in [1.165, 1.54) is 0 Å². The Kier molecular flexibility index (Phi) is 5.88. The molecule has 0 saturated heterocycles. The standard InChI is InChI=1S/C9H16N4/c10-6-2-1-3-9(13,4-7-11)5-8-12/h1-6,10,13H2. The zero-order valence-electron chi connectivity index (χ0n) is 7.79. The third-order valence-corrected chi connectivity index (χ3v) is 1.99. The van der Waals surface area contributed by atoms with Crippen molar-refractivity contribution in [3.05, 3.63) is 0 Å². The lowest BCUT2D eigenvalue weighted by molar-refractivity contribution is 0.392. The summed E-state index contributed by atoms with van der Waals surface area (Å²) >= 11 is 0. The molecule has 0 aromatic heterocycles. The highest BCUT2D eigenvalue weighted by atomic mass is 14.7. The Hall–Kier alpha value is -1.10. The lowest BCUT2D eigenvalue weighted by atomic mass is 9.88. The van der Waals surface area contributed by atoms with Gasteiger partial charge in [0.25, 0.3) is 0 Å². The second-order valence-corrected chi connectivity index (χ2v) is 3.28. The fourth-order valence-electron chi connectivity index (χ4n) is 1.18. The van der Waals surface area contributed by atoms with Crippen molar-refractivity contribution in [3.8, 4) is 12.1 Å². The van der Waals surface area contributed by atoms with Crippen molar-refractivity contribution in [2.45, 2.75) is 37.6 Å². The van der Waals surface area contributed by atoms with Crippen molar-refractivity contribution in [3.63, 3.8) is 0 Å². The molecule has 0 aromatic carbocycles. The number of nitrogens with two attached hydrogens (primary N) is 2. The molecule has 0 aliphatic rings. The molecule has 0 fully saturated rings. The normalized spacial score (nSPS) is 10.5. The molecule has 0 aliphatic carbocycles. The average Bonchev–Trinajstić information content (AvgIpc) is 2.05. The predicted molar refractivity (Wildman–Crippen MR) is 50.3 cm³/mol. The van der Waals surface area contributed by atoms with E-state index in [-0.39, 0.29) is 12.8 Å². The molecule has 72 valence electrons. The lowest BCUT2D eigenvalue weighted by Crippen LogP contribution is -2.39. The minimum absolute atomic E-state index is 0.241. The Balaban J connectivity index is 3.95. The van der Waals surface area contributed by atoms with Crippen LogP contribution in [0.1, 0.15) is 32.1 Å². The Morgan fingerprint density at radius 1 is 1.08 bits per heavy atom. The number of rotatable bonds is 6. The highest BCUT2D eigenvalue weighted by Crippen LogP contribution is 2.18. The smallest absolute Gasteiger partial charge is 0.0641 e. The van der Waals surface area contributed by atoms with Gasteiger partial charge in [-0.25, -0.2) is 0 Å². The van der Waals surface area contributed by atoms with Crippen LogP contribution < -0.4 is 11.5 Å². The molecule has 0 radical (unpaired) electrons. The minimum atomic E-state index is -0.626. The van der Waals surface area contributed by atoms with E-state index in [1.54, 1.807) is 0 Å². The van der Waals surface area contributed by atoms with Crippen molar-refractivity contribution in [2.75, 3.05) is 6.54 Å². The number of hydrogen-bond acceptors (Lipinski definition) is 4. The second kappa shape index (κ2) is 6.42. The Labute approximate surface area is 79.1 Å². The summed E-state index contributed by atoms with van der Waals surface area (Å²) < 4.78 is 0. The van der Waals surface area contributed by atoms with Crippen LogP contribution in [0, 0.1) is 22.7 Å². The summed E-state index contributed by atoms with van der Waals surface area (Å²) in [6, 6.07) is 4.03. The third kappa shape index (κ3) is 5.19. The largest absolute Gasteiger partial charge is 0.330 e. The van der Waals surface area contributed by atoms with Gasteiger partial charge in [-0.3, -0.25) is 0 Å². The van der Waals surface area contributed by atoms with Crippen LogP contribution in [0.25, 0.3) is 0 Å². The van der Waals surface area contributed by atoms with Gasteiger partial charge in [0.1, 0.15) is 0 Å². The van der Waals surface area contributed by atoms with Crippen molar-refractivity contribution < 1.29 is 0 Å². The van der Waals surface area contributed by atoms with Crippen LogP contribution in [0.3, 0.4) is 0 Å². The molecule has 0 saturated carbocycles. The molecule has 4 nitrogen and oxygen atoms in total. The molecule has 0 amide bonds. The summed E-state index contributed by atoms with van der Waals surface area (Å²) in [5.74, 6) is 0. The summed E-state index contributed by atoms with van der Waals surface area (Å²) in [6.07, 6.45) is 2.97. The van der Waals surface area contributed by atoms with Gasteiger partial charge in [0.05, 0.1) is 25.0 Å². The Morgan fingerprint density at radius 2 is 1.62 bits per heavy atom. The van der Waals surface area contributed by atoms with Crippen LogP contribution in [0.5, 0.6) is 0 Å². The van der Waals surface area contributed by atoms with Crippen LogP contribution in [-0.2, 0) is 0 Å². The molecule has 13 heavy (non-hydrogen) atoms. The molecule has 0 aliphatic heterocycles. The first-order valence-electron chi connectivity index (χ1n) is 4.41. The average molecular weight is 180 g/mol. The van der Waals surface area contributed by atoms with Crippen LogP contribution in [0.4, 0.5) is 0 Å². The maximum atomic E-state index is 8.52. The molecule has 0 heterocycles. The van der Waals surface area contributed by atoms with Crippen LogP contribution in [0.15, 0.2) is 0 Å². The van der Waals surface area contributed by atoms with E-state index in [4.69, 9.17) is 22.0 Å². The minimum Gasteiger partial charge on any atom is -0.330 e. The van der Waals surface area contributed by atoms with Gasteiger partial charge in [0, 0.05) is 5.54 Å². The number of hydrogen-bond donors (Lipinski definition) is 2.